The molecule has 5 nitrogen and oxygen atoms in total. The van der Waals surface area contributed by atoms with Crippen LogP contribution in [0.4, 0.5) is 0 Å². The molecule has 0 radical (unpaired) electrons. The predicted molar refractivity (Wildman–Crippen MR) is 123 cm³/mol. The lowest BCUT2D eigenvalue weighted by molar-refractivity contribution is -0.119. The van der Waals surface area contributed by atoms with Crippen molar-refractivity contribution in [3.63, 3.8) is 0 Å². The van der Waals surface area contributed by atoms with E-state index in [4.69, 9.17) is 23.2 Å². The summed E-state index contributed by atoms with van der Waals surface area (Å²) in [6.07, 6.45) is 5.58. The zero-order valence-corrected chi connectivity index (χ0v) is 18.6. The molecule has 1 aliphatic rings. The Morgan fingerprint density at radius 2 is 1.90 bits per heavy atom. The first-order valence-corrected chi connectivity index (χ1v) is 11.7. The molecule has 0 unspecified atom stereocenters. The van der Waals surface area contributed by atoms with Crippen molar-refractivity contribution in [1.82, 2.24) is 14.9 Å². The summed E-state index contributed by atoms with van der Waals surface area (Å²) in [5, 5.41) is 4.83. The first-order chi connectivity index (χ1) is 14.5. The van der Waals surface area contributed by atoms with Gasteiger partial charge in [-0.3, -0.25) is 14.2 Å². The number of halogens is 2. The van der Waals surface area contributed by atoms with Crippen LogP contribution in [-0.2, 0) is 4.79 Å². The second-order valence-corrected chi connectivity index (χ2v) is 9.13. The van der Waals surface area contributed by atoms with Gasteiger partial charge >= 0.3 is 0 Å². The Labute approximate surface area is 188 Å². The molecular weight excluding hydrogens is 441 g/mol. The topological polar surface area (TPSA) is 64.0 Å². The van der Waals surface area contributed by atoms with Crippen molar-refractivity contribution in [2.24, 2.45) is 0 Å². The summed E-state index contributed by atoms with van der Waals surface area (Å²) >= 11 is 13.6. The number of para-hydroxylation sites is 1. The van der Waals surface area contributed by atoms with Crippen LogP contribution >= 0.6 is 35.0 Å². The SMILES string of the molecule is O=C(CSc1nc2ccccc2c(=O)n1-c1ccc(Cl)cc1Cl)NC1CCCCC1. The number of amides is 1. The minimum absolute atomic E-state index is 0.0527. The second-order valence-electron chi connectivity index (χ2n) is 7.34. The first-order valence-electron chi connectivity index (χ1n) is 9.92. The standard InChI is InChI=1S/C22H21Cl2N3O2S/c23-14-10-11-19(17(24)12-14)27-21(29)16-8-4-5-9-18(16)26-22(27)30-13-20(28)25-15-6-2-1-3-7-15/h4-5,8-12,15H,1-3,6-7,13H2,(H,25,28). The Hall–Kier alpha value is -2.02. The number of carbonyl (C=O) groups is 1. The fraction of sp³-hybridized carbons (Fsp3) is 0.318. The van der Waals surface area contributed by atoms with Gasteiger partial charge in [0.1, 0.15) is 0 Å². The van der Waals surface area contributed by atoms with Gasteiger partial charge in [-0.1, -0.05) is 66.4 Å². The molecule has 30 heavy (non-hydrogen) atoms. The molecule has 1 amide bonds. The van der Waals surface area contributed by atoms with Crippen molar-refractivity contribution in [2.75, 3.05) is 5.75 Å². The van der Waals surface area contributed by atoms with Crippen molar-refractivity contribution in [1.29, 1.82) is 0 Å². The Bertz CT molecular complexity index is 1140. The monoisotopic (exact) mass is 461 g/mol. The Morgan fingerprint density at radius 1 is 1.13 bits per heavy atom. The van der Waals surface area contributed by atoms with Crippen LogP contribution in [0.5, 0.6) is 0 Å². The third-order valence-corrected chi connectivity index (χ3v) is 6.67. The minimum atomic E-state index is -0.236. The van der Waals surface area contributed by atoms with Crippen LogP contribution in [0, 0.1) is 0 Å². The number of nitrogens with zero attached hydrogens (tertiary/aromatic N) is 2. The molecule has 1 fully saturated rings. The summed E-state index contributed by atoms with van der Waals surface area (Å²) in [5.41, 5.74) is 0.832. The molecule has 1 aliphatic carbocycles. The second kappa shape index (κ2) is 9.41. The number of nitrogens with one attached hydrogen (secondary N) is 1. The molecule has 3 aromatic rings. The number of hydrogen-bond donors (Lipinski definition) is 1. The van der Waals surface area contributed by atoms with Crippen molar-refractivity contribution < 1.29 is 4.79 Å². The molecule has 0 bridgehead atoms. The minimum Gasteiger partial charge on any atom is -0.353 e. The molecule has 8 heteroatoms. The molecule has 1 saturated carbocycles. The maximum absolute atomic E-state index is 13.3. The number of aromatic nitrogens is 2. The van der Waals surface area contributed by atoms with Gasteiger partial charge in [0.25, 0.3) is 5.56 Å². The molecule has 0 spiro atoms. The highest BCUT2D eigenvalue weighted by Gasteiger charge is 2.19. The maximum atomic E-state index is 13.3. The number of fused-ring (bicyclic) bond motifs is 1. The zero-order valence-electron chi connectivity index (χ0n) is 16.2. The number of rotatable bonds is 5. The highest BCUT2D eigenvalue weighted by molar-refractivity contribution is 7.99. The smallest absolute Gasteiger partial charge is 0.266 e. The van der Waals surface area contributed by atoms with E-state index >= 15 is 0 Å². The van der Waals surface area contributed by atoms with Crippen LogP contribution in [0.15, 0.2) is 52.4 Å². The summed E-state index contributed by atoms with van der Waals surface area (Å²) in [6, 6.07) is 12.3. The van der Waals surface area contributed by atoms with Gasteiger partial charge in [-0.25, -0.2) is 4.98 Å². The Balaban J connectivity index is 1.67. The van der Waals surface area contributed by atoms with Crippen LogP contribution in [0.1, 0.15) is 32.1 Å². The highest BCUT2D eigenvalue weighted by atomic mass is 35.5. The number of hydrogen-bond acceptors (Lipinski definition) is 4. The molecule has 2 aromatic carbocycles. The van der Waals surface area contributed by atoms with Crippen molar-refractivity contribution >= 4 is 51.8 Å². The van der Waals surface area contributed by atoms with E-state index in [9.17, 15) is 9.59 Å². The normalized spacial score (nSPS) is 14.7. The van der Waals surface area contributed by atoms with Gasteiger partial charge in [0.2, 0.25) is 5.91 Å². The zero-order chi connectivity index (χ0) is 21.1. The van der Waals surface area contributed by atoms with E-state index in [1.807, 2.05) is 6.07 Å². The molecule has 0 atom stereocenters. The van der Waals surface area contributed by atoms with E-state index < -0.39 is 0 Å². The Morgan fingerprint density at radius 3 is 2.67 bits per heavy atom. The largest absolute Gasteiger partial charge is 0.353 e. The third kappa shape index (κ3) is 4.66. The summed E-state index contributed by atoms with van der Waals surface area (Å²) in [5.74, 6) is 0.120. The van der Waals surface area contributed by atoms with E-state index in [1.54, 1.807) is 36.4 Å². The average Bonchev–Trinajstić information content (AvgIpc) is 2.74. The summed E-state index contributed by atoms with van der Waals surface area (Å²) in [4.78, 5) is 30.4. The quantitative estimate of drug-likeness (QED) is 0.417. The molecule has 156 valence electrons. The summed E-state index contributed by atoms with van der Waals surface area (Å²) in [6.45, 7) is 0. The molecule has 1 N–H and O–H groups in total. The van der Waals surface area contributed by atoms with Gasteiger partial charge in [-0.2, -0.15) is 0 Å². The van der Waals surface area contributed by atoms with E-state index in [2.05, 4.69) is 10.3 Å². The van der Waals surface area contributed by atoms with Gasteiger partial charge < -0.3 is 5.32 Å². The first kappa shape index (κ1) is 21.2. The van der Waals surface area contributed by atoms with Crippen molar-refractivity contribution in [3.05, 3.63) is 62.9 Å². The fourth-order valence-corrected chi connectivity index (χ4v) is 5.04. The van der Waals surface area contributed by atoms with Crippen LogP contribution in [0.25, 0.3) is 16.6 Å². The van der Waals surface area contributed by atoms with E-state index in [1.165, 1.54) is 22.7 Å². The molecule has 1 heterocycles. The lowest BCUT2D eigenvalue weighted by Gasteiger charge is -2.22. The molecule has 0 saturated heterocycles. The van der Waals surface area contributed by atoms with E-state index in [0.717, 1.165) is 25.7 Å². The number of benzene rings is 2. The van der Waals surface area contributed by atoms with Crippen LogP contribution < -0.4 is 10.9 Å². The van der Waals surface area contributed by atoms with Gasteiger partial charge in [-0.05, 0) is 43.2 Å². The number of thioether (sulfide) groups is 1. The van der Waals surface area contributed by atoms with Gasteiger partial charge in [0.05, 0.1) is 27.4 Å². The van der Waals surface area contributed by atoms with Crippen molar-refractivity contribution in [3.8, 4) is 5.69 Å². The van der Waals surface area contributed by atoms with Crippen LogP contribution in [0.3, 0.4) is 0 Å². The molecule has 1 aromatic heterocycles. The lowest BCUT2D eigenvalue weighted by Crippen LogP contribution is -2.37. The average molecular weight is 462 g/mol. The summed E-state index contributed by atoms with van der Waals surface area (Å²) < 4.78 is 1.46. The van der Waals surface area contributed by atoms with Gasteiger partial charge in [0, 0.05) is 11.1 Å². The third-order valence-electron chi connectivity index (χ3n) is 5.20. The number of carbonyl (C=O) groups excluding carboxylic acids is 1. The van der Waals surface area contributed by atoms with Gasteiger partial charge in [0.15, 0.2) is 5.16 Å². The fourth-order valence-electron chi connectivity index (χ4n) is 3.73. The highest BCUT2D eigenvalue weighted by Crippen LogP contribution is 2.28. The van der Waals surface area contributed by atoms with Crippen LogP contribution in [0.2, 0.25) is 10.0 Å². The van der Waals surface area contributed by atoms with E-state index in [0.29, 0.717) is 31.8 Å². The van der Waals surface area contributed by atoms with Crippen LogP contribution in [-0.4, -0.2) is 27.3 Å². The Kier molecular flexibility index (Phi) is 6.66. The molecule has 0 aliphatic heterocycles. The van der Waals surface area contributed by atoms with Crippen molar-refractivity contribution in [2.45, 2.75) is 43.3 Å². The van der Waals surface area contributed by atoms with Gasteiger partial charge in [-0.15, -0.1) is 0 Å². The predicted octanol–water partition coefficient (Wildman–Crippen LogP) is 5.23. The summed E-state index contributed by atoms with van der Waals surface area (Å²) in [7, 11) is 0. The lowest BCUT2D eigenvalue weighted by atomic mass is 9.95. The maximum Gasteiger partial charge on any atom is 0.266 e. The molecule has 4 rings (SSSR count). The molecular formula is C22H21Cl2N3O2S. The van der Waals surface area contributed by atoms with E-state index in [-0.39, 0.29) is 23.3 Å².